The van der Waals surface area contributed by atoms with Crippen LogP contribution in [-0.4, -0.2) is 73.4 Å². The van der Waals surface area contributed by atoms with Crippen molar-refractivity contribution in [2.45, 2.75) is 231 Å². The van der Waals surface area contributed by atoms with Crippen molar-refractivity contribution in [1.82, 2.24) is 5.32 Å². The first-order valence-corrected chi connectivity index (χ1v) is 30.4. The van der Waals surface area contributed by atoms with E-state index in [9.17, 15) is 19.4 Å². The van der Waals surface area contributed by atoms with E-state index in [2.05, 4.69) is 129 Å². The van der Waals surface area contributed by atoms with Gasteiger partial charge in [0.05, 0.1) is 39.9 Å². The largest absolute Gasteiger partial charge is 0.472 e. The number of hydrogen-bond donors (Lipinski definition) is 3. The molecule has 8 nitrogen and oxygen atoms in total. The maximum atomic E-state index is 12.9. The summed E-state index contributed by atoms with van der Waals surface area (Å²) in [6.45, 7) is 4.62. The van der Waals surface area contributed by atoms with Crippen LogP contribution in [0.2, 0.25) is 0 Å². The van der Waals surface area contributed by atoms with Crippen molar-refractivity contribution >= 4 is 13.7 Å². The third-order valence-electron chi connectivity index (χ3n) is 12.1. The number of nitrogens with zero attached hydrogens (tertiary/aromatic N) is 1. The Hall–Kier alpha value is -3.10. The van der Waals surface area contributed by atoms with E-state index in [-0.39, 0.29) is 19.1 Å². The highest BCUT2D eigenvalue weighted by Crippen LogP contribution is 2.43. The Kier molecular flexibility index (Phi) is 50.5. The molecule has 0 saturated heterocycles. The first kappa shape index (κ1) is 68.9. The molecule has 0 bridgehead atoms. The second-order valence-electron chi connectivity index (χ2n) is 20.3. The summed E-state index contributed by atoms with van der Waals surface area (Å²) in [4.78, 5) is 23.2. The molecule has 0 fully saturated rings. The molecule has 0 rings (SSSR count). The van der Waals surface area contributed by atoms with E-state index in [4.69, 9.17) is 9.05 Å². The van der Waals surface area contributed by atoms with Crippen molar-refractivity contribution < 1.29 is 32.9 Å². The lowest BCUT2D eigenvalue weighted by atomic mass is 10.0. The van der Waals surface area contributed by atoms with Gasteiger partial charge in [-0.05, 0) is 103 Å². The predicted octanol–water partition coefficient (Wildman–Crippen LogP) is 17.8. The van der Waals surface area contributed by atoms with Gasteiger partial charge in [0.25, 0.3) is 0 Å². The zero-order valence-electron chi connectivity index (χ0n) is 46.9. The molecule has 0 aromatic rings. The van der Waals surface area contributed by atoms with Gasteiger partial charge >= 0.3 is 7.82 Å². The summed E-state index contributed by atoms with van der Waals surface area (Å²) in [6.07, 6.45) is 78.9. The molecule has 0 aliphatic heterocycles. The van der Waals surface area contributed by atoms with Crippen LogP contribution in [0, 0.1) is 0 Å². The lowest BCUT2D eigenvalue weighted by Crippen LogP contribution is -2.45. The summed E-state index contributed by atoms with van der Waals surface area (Å²) in [6, 6.07) is -0.875. The standard InChI is InChI=1S/C63H109N2O6P/c1-6-8-10-12-14-16-18-20-21-22-23-24-25-26-27-28-29-30-31-32-33-34-35-36-37-38-39-40-41-42-43-45-47-49-51-53-55-57-63(67)64-61(60-71-72(68,69)70-59-58-65(3,4)5)62(66)56-54-52-50-48-46-44-19-17-15-13-11-9-7-2/h8,10,14-17,20-21,23-24,26-27,29-30,32-33,46,48,54,56,61-62,66H,6-7,9,11-13,18-19,22,25,28,31,34-45,47,49-53,55,57-60H2,1-5H3,(H-,64,67,68,69)/p+1/b10-8-,16-14-,17-15+,21-20-,24-23-,27-26-,30-29-,33-32-,48-46+,56-54+. The molecule has 9 heteroatoms. The van der Waals surface area contributed by atoms with Gasteiger partial charge in [-0.15, -0.1) is 0 Å². The van der Waals surface area contributed by atoms with Crippen molar-refractivity contribution in [3.05, 3.63) is 122 Å². The van der Waals surface area contributed by atoms with Crippen molar-refractivity contribution in [2.24, 2.45) is 0 Å². The molecule has 0 aliphatic rings. The highest BCUT2D eigenvalue weighted by molar-refractivity contribution is 7.47. The monoisotopic (exact) mass is 1020 g/mol. The van der Waals surface area contributed by atoms with E-state index in [1.807, 2.05) is 27.2 Å². The molecule has 0 aromatic heterocycles. The topological polar surface area (TPSA) is 105 Å². The van der Waals surface area contributed by atoms with Crippen LogP contribution in [0.5, 0.6) is 0 Å². The number of allylic oxidation sites excluding steroid dienone is 19. The fraction of sp³-hybridized carbons (Fsp3) is 0.667. The minimum Gasteiger partial charge on any atom is -0.387 e. The van der Waals surface area contributed by atoms with Gasteiger partial charge in [-0.2, -0.15) is 0 Å². The van der Waals surface area contributed by atoms with Gasteiger partial charge < -0.3 is 19.8 Å². The molecule has 412 valence electrons. The maximum absolute atomic E-state index is 12.9. The molecule has 0 aromatic carbocycles. The Balaban J connectivity index is 4.07. The van der Waals surface area contributed by atoms with E-state index in [0.717, 1.165) is 96.3 Å². The van der Waals surface area contributed by atoms with Crippen LogP contribution in [0.25, 0.3) is 0 Å². The predicted molar refractivity (Wildman–Crippen MR) is 313 cm³/mol. The normalized spacial score (nSPS) is 14.8. The summed E-state index contributed by atoms with van der Waals surface area (Å²) in [5.74, 6) is -0.197. The molecule has 72 heavy (non-hydrogen) atoms. The van der Waals surface area contributed by atoms with Crippen LogP contribution in [0.1, 0.15) is 219 Å². The summed E-state index contributed by atoms with van der Waals surface area (Å²) < 4.78 is 23.6. The van der Waals surface area contributed by atoms with Gasteiger partial charge in [0.2, 0.25) is 5.91 Å². The number of carbonyl (C=O) groups excluding carboxylic acids is 1. The maximum Gasteiger partial charge on any atom is 0.472 e. The zero-order chi connectivity index (χ0) is 52.7. The number of rotatable bonds is 51. The van der Waals surface area contributed by atoms with Crippen molar-refractivity contribution in [3.8, 4) is 0 Å². The SMILES string of the molecule is CC/C=C\C/C=C\C/C=C\C/C=C\C/C=C\C/C=C\C/C=C\CCCCCCCCCCCCCCCCCC(=O)NC(COP(=O)(O)OCC[N+](C)(C)C)C(O)/C=C/CC/C=C/CC/C=C/CCCCC. The molecule has 1 amide bonds. The lowest BCUT2D eigenvalue weighted by Gasteiger charge is -2.25. The number of amides is 1. The van der Waals surface area contributed by atoms with Gasteiger partial charge in [-0.1, -0.05) is 232 Å². The fourth-order valence-corrected chi connectivity index (χ4v) is 8.38. The number of aliphatic hydroxyl groups is 1. The van der Waals surface area contributed by atoms with E-state index < -0.39 is 20.0 Å². The third kappa shape index (κ3) is 54.7. The van der Waals surface area contributed by atoms with Crippen LogP contribution >= 0.6 is 7.82 Å². The summed E-state index contributed by atoms with van der Waals surface area (Å²) >= 11 is 0. The van der Waals surface area contributed by atoms with Crippen molar-refractivity contribution in [2.75, 3.05) is 40.9 Å². The van der Waals surface area contributed by atoms with E-state index in [1.165, 1.54) is 103 Å². The summed E-state index contributed by atoms with van der Waals surface area (Å²) in [5.41, 5.74) is 0. The number of unbranched alkanes of at least 4 members (excludes halogenated alkanes) is 20. The van der Waals surface area contributed by atoms with Crippen LogP contribution in [0.15, 0.2) is 122 Å². The molecule has 3 N–H and O–H groups in total. The molecule has 3 atom stereocenters. The highest BCUT2D eigenvalue weighted by atomic mass is 31.2. The quantitative estimate of drug-likeness (QED) is 0.0243. The van der Waals surface area contributed by atoms with Crippen LogP contribution < -0.4 is 5.32 Å². The molecular formula is C63H110N2O6P+. The van der Waals surface area contributed by atoms with E-state index >= 15 is 0 Å². The molecule has 0 radical (unpaired) electrons. The minimum absolute atomic E-state index is 0.0488. The van der Waals surface area contributed by atoms with E-state index in [0.29, 0.717) is 17.4 Å². The number of quaternary nitrogens is 1. The molecule has 0 spiro atoms. The highest BCUT2D eigenvalue weighted by Gasteiger charge is 2.27. The Bertz CT molecular complexity index is 1580. The number of carbonyl (C=O) groups is 1. The molecular weight excluding hydrogens is 912 g/mol. The molecule has 3 unspecified atom stereocenters. The Morgan fingerprint density at radius 3 is 1.28 bits per heavy atom. The first-order chi connectivity index (χ1) is 35.0. The van der Waals surface area contributed by atoms with Gasteiger partial charge in [0.1, 0.15) is 13.2 Å². The average molecular weight is 1020 g/mol. The Labute approximate surface area is 444 Å². The molecule has 0 saturated carbocycles. The smallest absolute Gasteiger partial charge is 0.387 e. The zero-order valence-corrected chi connectivity index (χ0v) is 47.8. The van der Waals surface area contributed by atoms with E-state index in [1.54, 1.807) is 6.08 Å². The number of phosphoric ester groups is 1. The second kappa shape index (κ2) is 52.8. The minimum atomic E-state index is -4.36. The van der Waals surface area contributed by atoms with Gasteiger partial charge in [0.15, 0.2) is 0 Å². The third-order valence-corrected chi connectivity index (χ3v) is 13.1. The van der Waals surface area contributed by atoms with Crippen LogP contribution in [0.3, 0.4) is 0 Å². The Morgan fingerprint density at radius 1 is 0.486 bits per heavy atom. The second-order valence-corrected chi connectivity index (χ2v) is 21.7. The molecule has 0 aliphatic carbocycles. The van der Waals surface area contributed by atoms with Crippen molar-refractivity contribution in [3.63, 3.8) is 0 Å². The molecule has 0 heterocycles. The van der Waals surface area contributed by atoms with Gasteiger partial charge in [-0.3, -0.25) is 13.8 Å². The fourth-order valence-electron chi connectivity index (χ4n) is 7.64. The number of likely N-dealkylation sites (N-methyl/N-ethyl adjacent to an activating group) is 1. The summed E-state index contributed by atoms with van der Waals surface area (Å²) in [5, 5.41) is 13.8. The average Bonchev–Trinajstić information content (AvgIpc) is 3.34. The van der Waals surface area contributed by atoms with Gasteiger partial charge in [-0.25, -0.2) is 4.57 Å². The van der Waals surface area contributed by atoms with Crippen LogP contribution in [0.4, 0.5) is 0 Å². The first-order valence-electron chi connectivity index (χ1n) is 28.9. The number of hydrogen-bond acceptors (Lipinski definition) is 5. The van der Waals surface area contributed by atoms with Crippen molar-refractivity contribution in [1.29, 1.82) is 0 Å². The summed E-state index contributed by atoms with van der Waals surface area (Å²) in [7, 11) is 1.53. The number of aliphatic hydroxyl groups excluding tert-OH is 1. The number of phosphoric acid groups is 1. The van der Waals surface area contributed by atoms with Gasteiger partial charge in [0, 0.05) is 6.42 Å². The lowest BCUT2D eigenvalue weighted by molar-refractivity contribution is -0.870. The number of nitrogens with one attached hydrogen (secondary N) is 1. The van der Waals surface area contributed by atoms with Crippen LogP contribution in [-0.2, 0) is 18.4 Å². The Morgan fingerprint density at radius 2 is 0.847 bits per heavy atom.